The van der Waals surface area contributed by atoms with Crippen LogP contribution >= 0.6 is 0 Å². The topological polar surface area (TPSA) is 44.6 Å². The predicted octanol–water partition coefficient (Wildman–Crippen LogP) is 4.74. The summed E-state index contributed by atoms with van der Waals surface area (Å²) >= 11 is 0. The van der Waals surface area contributed by atoms with Crippen molar-refractivity contribution in [3.63, 3.8) is 0 Å². The average Bonchev–Trinajstić information content (AvgIpc) is 3.25. The first kappa shape index (κ1) is 21.6. The lowest BCUT2D eigenvalue weighted by Crippen LogP contribution is -2.41. The van der Waals surface area contributed by atoms with E-state index in [2.05, 4.69) is 50.8 Å². The molecule has 4 rings (SSSR count). The minimum Gasteiger partial charge on any atom is -0.326 e. The van der Waals surface area contributed by atoms with Crippen molar-refractivity contribution in [2.24, 2.45) is 0 Å². The number of benzene rings is 3. The molecule has 0 atom stereocenters. The summed E-state index contributed by atoms with van der Waals surface area (Å²) in [6, 6.07) is 24.6. The van der Waals surface area contributed by atoms with Crippen LogP contribution < -0.4 is 4.90 Å². The maximum absolute atomic E-state index is 12.7. The first-order valence-electron chi connectivity index (χ1n) is 10.7. The Morgan fingerprint density at radius 2 is 1.53 bits per heavy atom. The van der Waals surface area contributed by atoms with E-state index in [0.717, 1.165) is 40.1 Å². The van der Waals surface area contributed by atoms with Gasteiger partial charge in [0.2, 0.25) is 0 Å². The summed E-state index contributed by atoms with van der Waals surface area (Å²) < 4.78 is 2.10. The monoisotopic (exact) mass is 427 g/mol. The third-order valence-electron chi connectivity index (χ3n) is 5.67. The number of carbonyl (C=O) groups is 1. The number of rotatable bonds is 6. The maximum atomic E-state index is 12.7. The van der Waals surface area contributed by atoms with Gasteiger partial charge >= 0.3 is 6.03 Å². The molecule has 0 fully saturated rings. The van der Waals surface area contributed by atoms with E-state index in [1.807, 2.05) is 70.9 Å². The third-order valence-corrected chi connectivity index (χ3v) is 5.67. The Balaban J connectivity index is 1.56. The van der Waals surface area contributed by atoms with Gasteiger partial charge in [-0.1, -0.05) is 36.4 Å². The van der Waals surface area contributed by atoms with Gasteiger partial charge < -0.3 is 9.80 Å². The van der Waals surface area contributed by atoms with Gasteiger partial charge in [0, 0.05) is 38.6 Å². The zero-order valence-corrected chi connectivity index (χ0v) is 19.1. The van der Waals surface area contributed by atoms with Crippen molar-refractivity contribution in [3.8, 4) is 16.8 Å². The molecule has 0 N–H and O–H groups in total. The van der Waals surface area contributed by atoms with Gasteiger partial charge in [-0.3, -0.25) is 9.47 Å². The molecule has 0 spiro atoms. The van der Waals surface area contributed by atoms with Gasteiger partial charge in [-0.2, -0.15) is 0 Å². The smallest absolute Gasteiger partial charge is 0.323 e. The number of likely N-dealkylation sites (N-methyl/N-ethyl adjacent to an activating group) is 2. The Bertz CT molecular complexity index is 1200. The number of carbonyl (C=O) groups excluding carboxylic acids is 1. The molecular formula is C26H29N5O. The van der Waals surface area contributed by atoms with Crippen LogP contribution in [0.4, 0.5) is 10.5 Å². The minimum absolute atomic E-state index is 0.0206. The van der Waals surface area contributed by atoms with Crippen molar-refractivity contribution >= 4 is 22.8 Å². The molecule has 2 amide bonds. The van der Waals surface area contributed by atoms with Gasteiger partial charge in [0.25, 0.3) is 0 Å². The SMILES string of the molecule is CN(C)CCN(C)C(=O)N(C)c1ccc(-c2ccc3ncn(-c4ccccc4)c3c2)cc1. The molecule has 0 bridgehead atoms. The Morgan fingerprint density at radius 1 is 0.844 bits per heavy atom. The van der Waals surface area contributed by atoms with Crippen LogP contribution in [-0.4, -0.2) is 66.7 Å². The lowest BCUT2D eigenvalue weighted by molar-refractivity contribution is 0.211. The molecule has 1 aromatic heterocycles. The van der Waals surface area contributed by atoms with Gasteiger partial charge in [-0.15, -0.1) is 0 Å². The lowest BCUT2D eigenvalue weighted by Gasteiger charge is -2.26. The number of hydrogen-bond donors (Lipinski definition) is 0. The van der Waals surface area contributed by atoms with Crippen LogP contribution in [0.3, 0.4) is 0 Å². The normalized spacial score (nSPS) is 11.2. The zero-order valence-electron chi connectivity index (χ0n) is 19.1. The number of anilines is 1. The number of imidazole rings is 1. The molecule has 0 saturated carbocycles. The summed E-state index contributed by atoms with van der Waals surface area (Å²) in [6.07, 6.45) is 1.86. The van der Waals surface area contributed by atoms with Crippen molar-refractivity contribution in [2.75, 3.05) is 46.2 Å². The third kappa shape index (κ3) is 4.50. The minimum atomic E-state index is -0.0206. The number of nitrogens with zero attached hydrogens (tertiary/aromatic N) is 5. The molecule has 6 heteroatoms. The van der Waals surface area contributed by atoms with Crippen molar-refractivity contribution in [1.82, 2.24) is 19.4 Å². The maximum Gasteiger partial charge on any atom is 0.323 e. The molecule has 0 unspecified atom stereocenters. The van der Waals surface area contributed by atoms with Crippen LogP contribution in [0.1, 0.15) is 0 Å². The molecular weight excluding hydrogens is 398 g/mol. The summed E-state index contributed by atoms with van der Waals surface area (Å²) in [7, 11) is 7.66. The first-order chi connectivity index (χ1) is 15.4. The van der Waals surface area contributed by atoms with Crippen molar-refractivity contribution in [1.29, 1.82) is 0 Å². The second-order valence-electron chi connectivity index (χ2n) is 8.27. The van der Waals surface area contributed by atoms with Gasteiger partial charge in [-0.25, -0.2) is 9.78 Å². The van der Waals surface area contributed by atoms with E-state index in [0.29, 0.717) is 6.54 Å². The fourth-order valence-corrected chi connectivity index (χ4v) is 3.67. The van der Waals surface area contributed by atoms with Gasteiger partial charge in [0.15, 0.2) is 0 Å². The van der Waals surface area contributed by atoms with Crippen LogP contribution in [0.15, 0.2) is 79.1 Å². The van der Waals surface area contributed by atoms with E-state index in [9.17, 15) is 4.79 Å². The quantitative estimate of drug-likeness (QED) is 0.446. The lowest BCUT2D eigenvalue weighted by atomic mass is 10.0. The van der Waals surface area contributed by atoms with Crippen molar-refractivity contribution in [2.45, 2.75) is 0 Å². The standard InChI is InChI=1S/C26H29N5O/c1-28(2)16-17-29(3)26(32)30(4)22-13-10-20(11-14-22)21-12-15-24-25(18-21)31(19-27-24)23-8-6-5-7-9-23/h5-15,18-19H,16-17H2,1-4H3. The summed E-state index contributed by atoms with van der Waals surface area (Å²) in [4.78, 5) is 22.8. The molecule has 3 aromatic carbocycles. The molecule has 1 heterocycles. The van der Waals surface area contributed by atoms with Crippen molar-refractivity contribution < 1.29 is 4.79 Å². The number of aromatic nitrogens is 2. The highest BCUT2D eigenvalue weighted by molar-refractivity contribution is 5.92. The molecule has 0 aliphatic carbocycles. The largest absolute Gasteiger partial charge is 0.326 e. The second kappa shape index (κ2) is 9.24. The zero-order chi connectivity index (χ0) is 22.7. The molecule has 0 aliphatic rings. The summed E-state index contributed by atoms with van der Waals surface area (Å²) in [6.45, 7) is 1.51. The fraction of sp³-hybridized carbons (Fsp3) is 0.231. The van der Waals surface area contributed by atoms with Crippen LogP contribution in [0.2, 0.25) is 0 Å². The van der Waals surface area contributed by atoms with Crippen LogP contribution in [0.25, 0.3) is 27.8 Å². The van der Waals surface area contributed by atoms with E-state index in [1.165, 1.54) is 0 Å². The van der Waals surface area contributed by atoms with E-state index in [1.54, 1.807) is 9.80 Å². The van der Waals surface area contributed by atoms with E-state index >= 15 is 0 Å². The highest BCUT2D eigenvalue weighted by atomic mass is 16.2. The Kier molecular flexibility index (Phi) is 6.23. The molecule has 0 radical (unpaired) electrons. The molecule has 32 heavy (non-hydrogen) atoms. The summed E-state index contributed by atoms with van der Waals surface area (Å²) in [5.74, 6) is 0. The highest BCUT2D eigenvalue weighted by Crippen LogP contribution is 2.27. The fourth-order valence-electron chi connectivity index (χ4n) is 3.67. The highest BCUT2D eigenvalue weighted by Gasteiger charge is 2.16. The first-order valence-corrected chi connectivity index (χ1v) is 10.7. The molecule has 6 nitrogen and oxygen atoms in total. The van der Waals surface area contributed by atoms with E-state index in [-0.39, 0.29) is 6.03 Å². The second-order valence-corrected chi connectivity index (χ2v) is 8.27. The Labute approximate surface area is 189 Å². The van der Waals surface area contributed by atoms with Gasteiger partial charge in [-0.05, 0) is 61.6 Å². The van der Waals surface area contributed by atoms with Gasteiger partial charge in [0.1, 0.15) is 6.33 Å². The molecule has 164 valence electrons. The number of amides is 2. The molecule has 4 aromatic rings. The number of hydrogen-bond acceptors (Lipinski definition) is 3. The summed E-state index contributed by atoms with van der Waals surface area (Å²) in [5, 5.41) is 0. The number of urea groups is 1. The molecule has 0 saturated heterocycles. The van der Waals surface area contributed by atoms with E-state index in [4.69, 9.17) is 0 Å². The average molecular weight is 428 g/mol. The summed E-state index contributed by atoms with van der Waals surface area (Å²) in [5.41, 5.74) is 6.18. The Hall–Kier alpha value is -3.64. The van der Waals surface area contributed by atoms with Crippen LogP contribution in [0.5, 0.6) is 0 Å². The van der Waals surface area contributed by atoms with Crippen molar-refractivity contribution in [3.05, 3.63) is 79.1 Å². The van der Waals surface area contributed by atoms with Crippen LogP contribution in [0, 0.1) is 0 Å². The van der Waals surface area contributed by atoms with E-state index < -0.39 is 0 Å². The predicted molar refractivity (Wildman–Crippen MR) is 131 cm³/mol. The Morgan fingerprint density at radius 3 is 2.22 bits per heavy atom. The van der Waals surface area contributed by atoms with Crippen LogP contribution in [-0.2, 0) is 0 Å². The molecule has 0 aliphatic heterocycles. The number of para-hydroxylation sites is 1. The van der Waals surface area contributed by atoms with Gasteiger partial charge in [0.05, 0.1) is 11.0 Å². The number of fused-ring (bicyclic) bond motifs is 1.